The molecule has 6 nitrogen and oxygen atoms in total. The third-order valence-electron chi connectivity index (χ3n) is 3.47. The van der Waals surface area contributed by atoms with Crippen molar-refractivity contribution in [3.63, 3.8) is 0 Å². The molecule has 21 heavy (non-hydrogen) atoms. The topological polar surface area (TPSA) is 79.0 Å². The van der Waals surface area contributed by atoms with Gasteiger partial charge < -0.3 is 15.0 Å². The molecule has 0 spiro atoms. The second-order valence-electron chi connectivity index (χ2n) is 4.80. The van der Waals surface area contributed by atoms with Gasteiger partial charge in [-0.05, 0) is 18.2 Å². The van der Waals surface area contributed by atoms with Crippen LogP contribution in [0.2, 0.25) is 5.02 Å². The molecule has 1 aliphatic rings. The predicted octanol–water partition coefficient (Wildman–Crippen LogP) is 1.72. The van der Waals surface area contributed by atoms with Crippen LogP contribution in [0, 0.1) is 0 Å². The molecule has 1 amide bonds. The van der Waals surface area contributed by atoms with Crippen LogP contribution < -0.4 is 15.4 Å². The molecule has 110 valence electrons. The highest BCUT2D eigenvalue weighted by atomic mass is 35.5. The van der Waals surface area contributed by atoms with Crippen molar-refractivity contribution in [1.82, 2.24) is 15.3 Å². The van der Waals surface area contributed by atoms with Gasteiger partial charge in [0, 0.05) is 18.0 Å². The maximum absolute atomic E-state index is 12.4. The Morgan fingerprint density at radius 3 is 3.19 bits per heavy atom. The summed E-state index contributed by atoms with van der Waals surface area (Å²) in [6, 6.07) is 4.77. The Morgan fingerprint density at radius 2 is 2.38 bits per heavy atom. The van der Waals surface area contributed by atoms with Crippen LogP contribution in [0.25, 0.3) is 0 Å². The zero-order valence-electron chi connectivity index (χ0n) is 11.4. The minimum atomic E-state index is -0.329. The van der Waals surface area contributed by atoms with E-state index in [1.807, 2.05) is 0 Å². The number of hydrogen-bond donors (Lipinski definition) is 3. The van der Waals surface area contributed by atoms with Gasteiger partial charge in [-0.3, -0.25) is 10.1 Å². The third kappa shape index (κ3) is 2.86. The van der Waals surface area contributed by atoms with Gasteiger partial charge in [0.05, 0.1) is 36.6 Å². The van der Waals surface area contributed by atoms with Crippen molar-refractivity contribution in [3.8, 4) is 5.75 Å². The molecule has 0 saturated carbocycles. The molecule has 1 aliphatic heterocycles. The van der Waals surface area contributed by atoms with Gasteiger partial charge in [0.15, 0.2) is 0 Å². The van der Waals surface area contributed by atoms with Crippen LogP contribution in [0.5, 0.6) is 5.75 Å². The average molecular weight is 307 g/mol. The first-order valence-electron chi connectivity index (χ1n) is 6.56. The smallest absolute Gasteiger partial charge is 0.242 e. The largest absolute Gasteiger partial charge is 0.495 e. The van der Waals surface area contributed by atoms with Crippen molar-refractivity contribution in [2.45, 2.75) is 19.0 Å². The van der Waals surface area contributed by atoms with Gasteiger partial charge in [-0.15, -0.1) is 0 Å². The third-order valence-corrected chi connectivity index (χ3v) is 3.70. The summed E-state index contributed by atoms with van der Waals surface area (Å²) in [7, 11) is 1.55. The Kier molecular flexibility index (Phi) is 3.81. The molecular weight excluding hydrogens is 292 g/mol. The Morgan fingerprint density at radius 1 is 1.52 bits per heavy atom. The van der Waals surface area contributed by atoms with Crippen molar-refractivity contribution < 1.29 is 9.53 Å². The highest BCUT2D eigenvalue weighted by molar-refractivity contribution is 6.31. The molecule has 1 atom stereocenters. The number of benzene rings is 1. The van der Waals surface area contributed by atoms with E-state index in [1.54, 1.807) is 31.6 Å². The van der Waals surface area contributed by atoms with Crippen LogP contribution in [-0.2, 0) is 17.8 Å². The molecule has 3 N–H and O–H groups in total. The lowest BCUT2D eigenvalue weighted by atomic mass is 10.0. The summed E-state index contributed by atoms with van der Waals surface area (Å²) in [5.41, 5.74) is 2.51. The number of rotatable bonds is 3. The number of carbonyl (C=O) groups excluding carboxylic acids is 1. The first kappa shape index (κ1) is 13.9. The molecule has 2 aromatic rings. The second kappa shape index (κ2) is 5.75. The van der Waals surface area contributed by atoms with Crippen molar-refractivity contribution in [2.75, 3.05) is 12.4 Å². The van der Waals surface area contributed by atoms with Gasteiger partial charge in [-0.25, -0.2) is 4.98 Å². The van der Waals surface area contributed by atoms with E-state index >= 15 is 0 Å². The number of anilines is 1. The number of hydrogen-bond acceptors (Lipinski definition) is 4. The first-order chi connectivity index (χ1) is 10.2. The predicted molar refractivity (Wildman–Crippen MR) is 79.6 cm³/mol. The minimum absolute atomic E-state index is 0.135. The highest BCUT2D eigenvalue weighted by Gasteiger charge is 2.26. The molecule has 0 bridgehead atoms. The van der Waals surface area contributed by atoms with E-state index in [0.717, 1.165) is 11.4 Å². The van der Waals surface area contributed by atoms with Crippen LogP contribution in [-0.4, -0.2) is 29.0 Å². The zero-order valence-corrected chi connectivity index (χ0v) is 12.2. The van der Waals surface area contributed by atoms with E-state index < -0.39 is 0 Å². The van der Waals surface area contributed by atoms with Crippen molar-refractivity contribution in [2.24, 2.45) is 0 Å². The molecular formula is C14H15ClN4O2. The number of nitrogens with one attached hydrogen (secondary N) is 3. The van der Waals surface area contributed by atoms with Gasteiger partial charge in [-0.2, -0.15) is 0 Å². The lowest BCUT2D eigenvalue weighted by Gasteiger charge is -2.22. The Hall–Kier alpha value is -2.05. The number of amides is 1. The number of ether oxygens (including phenoxy) is 1. The van der Waals surface area contributed by atoms with Crippen LogP contribution in [0.1, 0.15) is 11.4 Å². The standard InChI is InChI=1S/C14H15ClN4O2/c1-21-13-3-2-8(15)4-10(13)19-14(20)11-5-9-12(6-16-11)18-7-17-9/h2-4,7,11,16H,5-6H2,1H3,(H,17,18)(H,19,20). The Bertz CT molecular complexity index is 671. The van der Waals surface area contributed by atoms with Crippen LogP contribution in [0.4, 0.5) is 5.69 Å². The molecule has 7 heteroatoms. The van der Waals surface area contributed by atoms with Gasteiger partial charge in [0.1, 0.15) is 5.75 Å². The number of H-pyrrole nitrogens is 1. The molecule has 2 heterocycles. The number of fused-ring (bicyclic) bond motifs is 1. The van der Waals surface area contributed by atoms with E-state index in [0.29, 0.717) is 29.4 Å². The number of aromatic amines is 1. The summed E-state index contributed by atoms with van der Waals surface area (Å²) >= 11 is 5.96. The van der Waals surface area contributed by atoms with E-state index in [9.17, 15) is 4.79 Å². The highest BCUT2D eigenvalue weighted by Crippen LogP contribution is 2.28. The lowest BCUT2D eigenvalue weighted by Crippen LogP contribution is -2.44. The quantitative estimate of drug-likeness (QED) is 0.807. The first-order valence-corrected chi connectivity index (χ1v) is 6.94. The summed E-state index contributed by atoms with van der Waals surface area (Å²) in [5.74, 6) is 0.438. The Labute approximate surface area is 126 Å². The number of methoxy groups -OCH3 is 1. The van der Waals surface area contributed by atoms with E-state index in [1.165, 1.54) is 0 Å². The summed E-state index contributed by atoms with van der Waals surface area (Å²) in [6.45, 7) is 0.597. The maximum Gasteiger partial charge on any atom is 0.242 e. The van der Waals surface area contributed by atoms with Crippen molar-refractivity contribution in [1.29, 1.82) is 0 Å². The van der Waals surface area contributed by atoms with Gasteiger partial charge in [0.2, 0.25) is 5.91 Å². The molecule has 1 aromatic heterocycles. The zero-order chi connectivity index (χ0) is 14.8. The van der Waals surface area contributed by atoms with E-state index in [4.69, 9.17) is 16.3 Å². The summed E-state index contributed by atoms with van der Waals surface area (Å²) in [5, 5.41) is 6.56. The fourth-order valence-electron chi connectivity index (χ4n) is 2.35. The average Bonchev–Trinajstić information content (AvgIpc) is 2.94. The van der Waals surface area contributed by atoms with Crippen LogP contribution >= 0.6 is 11.6 Å². The minimum Gasteiger partial charge on any atom is -0.495 e. The summed E-state index contributed by atoms with van der Waals surface area (Å²) < 4.78 is 5.22. The van der Waals surface area contributed by atoms with Gasteiger partial charge >= 0.3 is 0 Å². The van der Waals surface area contributed by atoms with Crippen molar-refractivity contribution in [3.05, 3.63) is 40.9 Å². The molecule has 3 rings (SSSR count). The van der Waals surface area contributed by atoms with Gasteiger partial charge in [-0.1, -0.05) is 11.6 Å². The number of halogens is 1. The molecule has 1 unspecified atom stereocenters. The number of imidazole rings is 1. The van der Waals surface area contributed by atoms with Crippen molar-refractivity contribution >= 4 is 23.2 Å². The number of carbonyl (C=O) groups is 1. The molecule has 0 saturated heterocycles. The fraction of sp³-hybridized carbons (Fsp3) is 0.286. The molecule has 0 radical (unpaired) electrons. The molecule has 0 fully saturated rings. The van der Waals surface area contributed by atoms with E-state index in [-0.39, 0.29) is 11.9 Å². The SMILES string of the molecule is COc1ccc(Cl)cc1NC(=O)C1Cc2nc[nH]c2CN1. The Balaban J connectivity index is 1.74. The van der Waals surface area contributed by atoms with E-state index in [2.05, 4.69) is 20.6 Å². The molecule has 1 aromatic carbocycles. The normalized spacial score (nSPS) is 17.1. The molecule has 0 aliphatic carbocycles. The summed E-state index contributed by atoms with van der Waals surface area (Å²) in [4.78, 5) is 19.6. The number of nitrogens with zero attached hydrogens (tertiary/aromatic N) is 1. The fourth-order valence-corrected chi connectivity index (χ4v) is 2.52. The number of aromatic nitrogens is 2. The summed E-state index contributed by atoms with van der Waals surface area (Å²) in [6.07, 6.45) is 2.19. The maximum atomic E-state index is 12.4. The van der Waals surface area contributed by atoms with Crippen LogP contribution in [0.15, 0.2) is 24.5 Å². The monoisotopic (exact) mass is 306 g/mol. The second-order valence-corrected chi connectivity index (χ2v) is 5.24. The van der Waals surface area contributed by atoms with Crippen LogP contribution in [0.3, 0.4) is 0 Å². The van der Waals surface area contributed by atoms with Gasteiger partial charge in [0.25, 0.3) is 0 Å². The lowest BCUT2D eigenvalue weighted by molar-refractivity contribution is -0.118.